The Morgan fingerprint density at radius 2 is 1.78 bits per heavy atom. The highest BCUT2D eigenvalue weighted by molar-refractivity contribution is 5.37. The Labute approximate surface area is 108 Å². The van der Waals surface area contributed by atoms with Gasteiger partial charge in [0.05, 0.1) is 0 Å². The molecule has 2 unspecified atom stereocenters. The second-order valence-corrected chi connectivity index (χ2v) is 5.86. The zero-order chi connectivity index (χ0) is 12.7. The third-order valence-electron chi connectivity index (χ3n) is 4.18. The number of nitrogens with two attached hydrogens (primary N) is 1. The average Bonchev–Trinajstić information content (AvgIpc) is 2.87. The smallest absolute Gasteiger partial charge is 0.230 e. The SMILES string of the molecule is CC(C)c1nc(N)nc(N2CC3CCCC3C2)n1. The summed E-state index contributed by atoms with van der Waals surface area (Å²) in [5, 5.41) is 0. The van der Waals surface area contributed by atoms with E-state index in [9.17, 15) is 0 Å². The molecule has 98 valence electrons. The van der Waals surface area contributed by atoms with Crippen LogP contribution < -0.4 is 10.6 Å². The van der Waals surface area contributed by atoms with E-state index < -0.39 is 0 Å². The number of hydrogen-bond donors (Lipinski definition) is 1. The molecule has 1 saturated heterocycles. The number of hydrogen-bond acceptors (Lipinski definition) is 5. The van der Waals surface area contributed by atoms with Crippen molar-refractivity contribution in [1.82, 2.24) is 15.0 Å². The summed E-state index contributed by atoms with van der Waals surface area (Å²) in [6.45, 7) is 6.34. The summed E-state index contributed by atoms with van der Waals surface area (Å²) in [4.78, 5) is 15.4. The Bertz CT molecular complexity index is 433. The number of fused-ring (bicyclic) bond motifs is 1. The highest BCUT2D eigenvalue weighted by atomic mass is 15.3. The first-order valence-corrected chi connectivity index (χ1v) is 6.90. The molecule has 1 saturated carbocycles. The number of nitrogens with zero attached hydrogens (tertiary/aromatic N) is 4. The molecule has 3 rings (SSSR count). The molecule has 2 fully saturated rings. The van der Waals surface area contributed by atoms with E-state index in [0.29, 0.717) is 5.95 Å². The lowest BCUT2D eigenvalue weighted by Crippen LogP contribution is -2.24. The van der Waals surface area contributed by atoms with Crippen molar-refractivity contribution in [3.05, 3.63) is 5.82 Å². The molecule has 1 aromatic rings. The fraction of sp³-hybridized carbons (Fsp3) is 0.769. The van der Waals surface area contributed by atoms with Gasteiger partial charge in [-0.25, -0.2) is 0 Å². The maximum Gasteiger partial charge on any atom is 0.230 e. The van der Waals surface area contributed by atoms with Gasteiger partial charge in [-0.2, -0.15) is 15.0 Å². The van der Waals surface area contributed by atoms with Gasteiger partial charge in [-0.05, 0) is 24.7 Å². The van der Waals surface area contributed by atoms with E-state index in [1.165, 1.54) is 19.3 Å². The van der Waals surface area contributed by atoms with Crippen molar-refractivity contribution in [2.75, 3.05) is 23.7 Å². The first-order chi connectivity index (χ1) is 8.63. The van der Waals surface area contributed by atoms with Crippen LogP contribution in [0, 0.1) is 11.8 Å². The molecule has 18 heavy (non-hydrogen) atoms. The van der Waals surface area contributed by atoms with Gasteiger partial charge in [0.15, 0.2) is 0 Å². The van der Waals surface area contributed by atoms with Crippen LogP contribution in [-0.4, -0.2) is 28.0 Å². The highest BCUT2D eigenvalue weighted by Gasteiger charge is 2.37. The highest BCUT2D eigenvalue weighted by Crippen LogP contribution is 2.38. The molecule has 5 nitrogen and oxygen atoms in total. The molecule has 2 heterocycles. The molecule has 2 atom stereocenters. The van der Waals surface area contributed by atoms with E-state index in [2.05, 4.69) is 33.7 Å². The molecule has 1 aliphatic carbocycles. The van der Waals surface area contributed by atoms with Crippen molar-refractivity contribution in [2.24, 2.45) is 11.8 Å². The molecular formula is C13H21N5. The summed E-state index contributed by atoms with van der Waals surface area (Å²) >= 11 is 0. The normalized spacial score (nSPS) is 26.9. The minimum Gasteiger partial charge on any atom is -0.368 e. The van der Waals surface area contributed by atoms with Crippen molar-refractivity contribution in [3.63, 3.8) is 0 Å². The fourth-order valence-electron chi connectivity index (χ4n) is 3.20. The topological polar surface area (TPSA) is 67.9 Å². The van der Waals surface area contributed by atoms with Crippen molar-refractivity contribution < 1.29 is 0 Å². The Morgan fingerprint density at radius 1 is 1.11 bits per heavy atom. The lowest BCUT2D eigenvalue weighted by atomic mass is 10.0. The van der Waals surface area contributed by atoms with Gasteiger partial charge in [0, 0.05) is 19.0 Å². The molecule has 0 spiro atoms. The van der Waals surface area contributed by atoms with Crippen LogP contribution in [0.5, 0.6) is 0 Å². The predicted molar refractivity (Wildman–Crippen MR) is 71.4 cm³/mol. The van der Waals surface area contributed by atoms with E-state index >= 15 is 0 Å². The van der Waals surface area contributed by atoms with Crippen LogP contribution in [0.3, 0.4) is 0 Å². The van der Waals surface area contributed by atoms with E-state index in [4.69, 9.17) is 5.73 Å². The number of rotatable bonds is 2. The van der Waals surface area contributed by atoms with Gasteiger partial charge in [-0.1, -0.05) is 20.3 Å². The van der Waals surface area contributed by atoms with Gasteiger partial charge in [0.1, 0.15) is 5.82 Å². The maximum absolute atomic E-state index is 5.79. The van der Waals surface area contributed by atoms with E-state index in [1.54, 1.807) is 0 Å². The maximum atomic E-state index is 5.79. The number of aromatic nitrogens is 3. The fourth-order valence-corrected chi connectivity index (χ4v) is 3.20. The van der Waals surface area contributed by atoms with Gasteiger partial charge >= 0.3 is 0 Å². The third kappa shape index (κ3) is 2.02. The Kier molecular flexibility index (Phi) is 2.84. The first-order valence-electron chi connectivity index (χ1n) is 6.90. The van der Waals surface area contributed by atoms with Gasteiger partial charge in [-0.15, -0.1) is 0 Å². The minimum absolute atomic E-state index is 0.288. The second-order valence-electron chi connectivity index (χ2n) is 5.86. The molecule has 1 aromatic heterocycles. The molecule has 0 aromatic carbocycles. The quantitative estimate of drug-likeness (QED) is 0.863. The van der Waals surface area contributed by atoms with Crippen molar-refractivity contribution in [2.45, 2.75) is 39.0 Å². The molecule has 0 radical (unpaired) electrons. The molecule has 1 aliphatic heterocycles. The van der Waals surface area contributed by atoms with Crippen molar-refractivity contribution in [3.8, 4) is 0 Å². The summed E-state index contributed by atoms with van der Waals surface area (Å²) in [6.07, 6.45) is 4.11. The molecular weight excluding hydrogens is 226 g/mol. The van der Waals surface area contributed by atoms with E-state index in [0.717, 1.165) is 36.7 Å². The minimum atomic E-state index is 0.288. The van der Waals surface area contributed by atoms with Crippen LogP contribution in [-0.2, 0) is 0 Å². The van der Waals surface area contributed by atoms with Crippen molar-refractivity contribution >= 4 is 11.9 Å². The van der Waals surface area contributed by atoms with Gasteiger partial charge in [0.2, 0.25) is 11.9 Å². The molecule has 5 heteroatoms. The molecule has 0 bridgehead atoms. The molecule has 0 amide bonds. The Morgan fingerprint density at radius 3 is 2.39 bits per heavy atom. The summed E-state index contributed by atoms with van der Waals surface area (Å²) < 4.78 is 0. The van der Waals surface area contributed by atoms with Gasteiger partial charge in [0.25, 0.3) is 0 Å². The van der Waals surface area contributed by atoms with Crippen molar-refractivity contribution in [1.29, 1.82) is 0 Å². The zero-order valence-corrected chi connectivity index (χ0v) is 11.1. The van der Waals surface area contributed by atoms with Crippen LogP contribution >= 0.6 is 0 Å². The van der Waals surface area contributed by atoms with E-state index in [-0.39, 0.29) is 5.92 Å². The van der Waals surface area contributed by atoms with Crippen LogP contribution in [0.4, 0.5) is 11.9 Å². The summed E-state index contributed by atoms with van der Waals surface area (Å²) in [5.74, 6) is 3.89. The monoisotopic (exact) mass is 247 g/mol. The predicted octanol–water partition coefficient (Wildman–Crippen LogP) is 1.81. The Hall–Kier alpha value is -1.39. The van der Waals surface area contributed by atoms with Crippen LogP contribution in [0.2, 0.25) is 0 Å². The average molecular weight is 247 g/mol. The lowest BCUT2D eigenvalue weighted by Gasteiger charge is -2.18. The van der Waals surface area contributed by atoms with Gasteiger partial charge in [-0.3, -0.25) is 0 Å². The largest absolute Gasteiger partial charge is 0.368 e. The number of nitrogen functional groups attached to an aromatic ring is 1. The molecule has 2 N–H and O–H groups in total. The van der Waals surface area contributed by atoms with Crippen LogP contribution in [0.25, 0.3) is 0 Å². The summed E-state index contributed by atoms with van der Waals surface area (Å²) in [5.41, 5.74) is 5.79. The van der Waals surface area contributed by atoms with Crippen LogP contribution in [0.15, 0.2) is 0 Å². The number of anilines is 2. The second kappa shape index (κ2) is 4.37. The van der Waals surface area contributed by atoms with Crippen LogP contribution in [0.1, 0.15) is 44.9 Å². The molecule has 2 aliphatic rings. The summed E-state index contributed by atoms with van der Waals surface area (Å²) in [6, 6.07) is 0. The van der Waals surface area contributed by atoms with Gasteiger partial charge < -0.3 is 10.6 Å². The van der Waals surface area contributed by atoms with E-state index in [1.807, 2.05) is 0 Å². The lowest BCUT2D eigenvalue weighted by molar-refractivity contribution is 0.494. The third-order valence-corrected chi connectivity index (χ3v) is 4.18. The first kappa shape index (κ1) is 11.7. The Balaban J connectivity index is 1.84. The standard InChI is InChI=1S/C13H21N5/c1-8(2)11-15-12(14)17-13(16-11)18-6-9-4-3-5-10(9)7-18/h8-10H,3-7H2,1-2H3,(H2,14,15,16,17). The summed E-state index contributed by atoms with van der Waals surface area (Å²) in [7, 11) is 0. The zero-order valence-electron chi connectivity index (χ0n) is 11.1.